The zero-order valence-electron chi connectivity index (χ0n) is 19.4. The quantitative estimate of drug-likeness (QED) is 0.274. The number of anilines is 2. The van der Waals surface area contributed by atoms with E-state index < -0.39 is 17.0 Å². The number of carbonyl (C=O) groups excluding carboxylic acids is 2. The average molecular weight is 485 g/mol. The van der Waals surface area contributed by atoms with Crippen molar-refractivity contribution < 1.29 is 14.0 Å². The number of carbonyl (C=O) groups is 2. The number of para-hydroxylation sites is 1. The first-order chi connectivity index (χ1) is 16.9. The van der Waals surface area contributed by atoms with Crippen molar-refractivity contribution in [3.63, 3.8) is 0 Å². The molecule has 0 aliphatic heterocycles. The monoisotopic (exact) mass is 484 g/mol. The fourth-order valence-corrected chi connectivity index (χ4v) is 4.81. The van der Waals surface area contributed by atoms with Crippen molar-refractivity contribution in [3.05, 3.63) is 125 Å². The second kappa shape index (κ2) is 11.0. The number of thioether (sulfide) groups is 1. The summed E-state index contributed by atoms with van der Waals surface area (Å²) in [4.78, 5) is 26.8. The average Bonchev–Trinajstić information content (AvgIpc) is 2.86. The lowest BCUT2D eigenvalue weighted by atomic mass is 10.1. The van der Waals surface area contributed by atoms with Crippen LogP contribution in [0.2, 0.25) is 0 Å². The maximum atomic E-state index is 14.0. The van der Waals surface area contributed by atoms with Crippen LogP contribution < -0.4 is 10.6 Å². The third-order valence-electron chi connectivity index (χ3n) is 5.53. The predicted molar refractivity (Wildman–Crippen MR) is 140 cm³/mol. The lowest BCUT2D eigenvalue weighted by Gasteiger charge is -2.19. The topological polar surface area (TPSA) is 58.2 Å². The second-order valence-corrected chi connectivity index (χ2v) is 9.30. The van der Waals surface area contributed by atoms with Crippen molar-refractivity contribution in [1.82, 2.24) is 0 Å². The number of amides is 2. The number of rotatable bonds is 7. The molecule has 4 rings (SSSR count). The molecule has 0 fully saturated rings. The molecule has 35 heavy (non-hydrogen) atoms. The summed E-state index contributed by atoms with van der Waals surface area (Å²) in [7, 11) is 0. The molecule has 1 atom stereocenters. The van der Waals surface area contributed by atoms with Gasteiger partial charge in [-0.3, -0.25) is 9.59 Å². The number of benzene rings is 4. The van der Waals surface area contributed by atoms with Crippen LogP contribution in [0.1, 0.15) is 32.3 Å². The van der Waals surface area contributed by atoms with E-state index in [4.69, 9.17) is 0 Å². The number of hydrogen-bond donors (Lipinski definition) is 2. The smallest absolute Gasteiger partial charge is 0.258 e. The van der Waals surface area contributed by atoms with Gasteiger partial charge >= 0.3 is 0 Å². The molecule has 4 aromatic carbocycles. The second-order valence-electron chi connectivity index (χ2n) is 8.13. The van der Waals surface area contributed by atoms with E-state index >= 15 is 0 Å². The molecule has 4 aromatic rings. The third kappa shape index (κ3) is 5.97. The van der Waals surface area contributed by atoms with Crippen LogP contribution in [-0.2, 0) is 4.79 Å². The maximum absolute atomic E-state index is 14.0. The molecule has 0 radical (unpaired) electrons. The van der Waals surface area contributed by atoms with Gasteiger partial charge in [0.05, 0.1) is 5.56 Å². The molecule has 176 valence electrons. The van der Waals surface area contributed by atoms with Gasteiger partial charge < -0.3 is 10.6 Å². The Morgan fingerprint density at radius 1 is 0.771 bits per heavy atom. The predicted octanol–water partition coefficient (Wildman–Crippen LogP) is 7.17. The van der Waals surface area contributed by atoms with E-state index in [9.17, 15) is 14.0 Å². The Balaban J connectivity index is 1.57. The van der Waals surface area contributed by atoms with Crippen LogP contribution in [0.25, 0.3) is 0 Å². The molecule has 0 aliphatic rings. The van der Waals surface area contributed by atoms with E-state index in [2.05, 4.69) is 10.6 Å². The Morgan fingerprint density at radius 2 is 1.43 bits per heavy atom. The van der Waals surface area contributed by atoms with Gasteiger partial charge in [0.15, 0.2) is 0 Å². The highest BCUT2D eigenvalue weighted by Crippen LogP contribution is 2.37. The Labute approximate surface area is 208 Å². The minimum atomic E-state index is -0.581. The molecule has 0 saturated carbocycles. The van der Waals surface area contributed by atoms with Crippen molar-refractivity contribution in [2.75, 3.05) is 10.6 Å². The van der Waals surface area contributed by atoms with E-state index in [1.54, 1.807) is 24.3 Å². The Bertz CT molecular complexity index is 1340. The first kappa shape index (κ1) is 24.2. The Hall–Kier alpha value is -3.90. The summed E-state index contributed by atoms with van der Waals surface area (Å²) in [6.45, 7) is 3.93. The van der Waals surface area contributed by atoms with E-state index in [0.717, 1.165) is 27.3 Å². The summed E-state index contributed by atoms with van der Waals surface area (Å²) in [6, 6.07) is 28.5. The lowest BCUT2D eigenvalue weighted by Crippen LogP contribution is -2.20. The molecule has 0 aromatic heterocycles. The molecule has 4 nitrogen and oxygen atoms in total. The molecule has 2 amide bonds. The van der Waals surface area contributed by atoms with Crippen molar-refractivity contribution in [3.8, 4) is 0 Å². The molecular weight excluding hydrogens is 459 g/mol. The first-order valence-electron chi connectivity index (χ1n) is 11.2. The van der Waals surface area contributed by atoms with Crippen LogP contribution in [0.3, 0.4) is 0 Å². The number of halogens is 1. The molecule has 0 bridgehead atoms. The zero-order chi connectivity index (χ0) is 24.8. The van der Waals surface area contributed by atoms with E-state index in [1.807, 2.05) is 68.4 Å². The van der Waals surface area contributed by atoms with E-state index in [0.29, 0.717) is 5.69 Å². The maximum Gasteiger partial charge on any atom is 0.258 e. The van der Waals surface area contributed by atoms with Crippen LogP contribution in [-0.4, -0.2) is 11.8 Å². The zero-order valence-corrected chi connectivity index (χ0v) is 20.2. The molecule has 6 heteroatoms. The van der Waals surface area contributed by atoms with Crippen LogP contribution in [0, 0.1) is 19.7 Å². The van der Waals surface area contributed by atoms with Gasteiger partial charge in [0.1, 0.15) is 11.1 Å². The van der Waals surface area contributed by atoms with Gasteiger partial charge in [-0.15, -0.1) is 11.8 Å². The van der Waals surface area contributed by atoms with E-state index in [-0.39, 0.29) is 11.5 Å². The van der Waals surface area contributed by atoms with Gasteiger partial charge in [-0.05, 0) is 60.9 Å². The lowest BCUT2D eigenvalue weighted by molar-refractivity contribution is -0.115. The summed E-state index contributed by atoms with van der Waals surface area (Å²) >= 11 is 1.38. The third-order valence-corrected chi connectivity index (χ3v) is 6.78. The van der Waals surface area contributed by atoms with Crippen LogP contribution in [0.15, 0.2) is 102 Å². The molecule has 2 N–H and O–H groups in total. The SMILES string of the molecule is Cc1cccc(C)c1NC(=O)C(Sc1cccc(NC(=O)c2ccccc2F)c1)c1ccccc1. The summed E-state index contributed by atoms with van der Waals surface area (Å²) < 4.78 is 14.0. The van der Waals surface area contributed by atoms with Gasteiger partial charge in [-0.2, -0.15) is 0 Å². The molecule has 0 aliphatic carbocycles. The molecular formula is C29H25FN2O2S. The normalized spacial score (nSPS) is 11.5. The van der Waals surface area contributed by atoms with Crippen LogP contribution in [0.5, 0.6) is 0 Å². The van der Waals surface area contributed by atoms with Crippen molar-refractivity contribution >= 4 is 35.0 Å². The Kier molecular flexibility index (Phi) is 7.63. The van der Waals surface area contributed by atoms with Crippen molar-refractivity contribution in [2.24, 2.45) is 0 Å². The summed E-state index contributed by atoms with van der Waals surface area (Å²) in [5.74, 6) is -1.25. The minimum Gasteiger partial charge on any atom is -0.324 e. The summed E-state index contributed by atoms with van der Waals surface area (Å²) in [6.07, 6.45) is 0. The van der Waals surface area contributed by atoms with Crippen LogP contribution >= 0.6 is 11.8 Å². The number of nitrogens with one attached hydrogen (secondary N) is 2. The first-order valence-corrected chi connectivity index (χ1v) is 12.0. The van der Waals surface area contributed by atoms with Gasteiger partial charge in [0, 0.05) is 16.3 Å². The fraction of sp³-hybridized carbons (Fsp3) is 0.103. The molecule has 1 unspecified atom stereocenters. The largest absolute Gasteiger partial charge is 0.324 e. The van der Waals surface area contributed by atoms with Gasteiger partial charge in [-0.1, -0.05) is 66.7 Å². The molecule has 0 spiro atoms. The van der Waals surface area contributed by atoms with Gasteiger partial charge in [0.2, 0.25) is 5.91 Å². The highest BCUT2D eigenvalue weighted by atomic mass is 32.2. The minimum absolute atomic E-state index is 0.0271. The molecule has 0 heterocycles. The van der Waals surface area contributed by atoms with Crippen LogP contribution in [0.4, 0.5) is 15.8 Å². The highest BCUT2D eigenvalue weighted by molar-refractivity contribution is 8.00. The van der Waals surface area contributed by atoms with Gasteiger partial charge in [0.25, 0.3) is 5.91 Å². The molecule has 0 saturated heterocycles. The summed E-state index contributed by atoms with van der Waals surface area (Å²) in [5.41, 5.74) is 4.15. The number of hydrogen-bond acceptors (Lipinski definition) is 3. The summed E-state index contributed by atoms with van der Waals surface area (Å²) in [5, 5.41) is 5.32. The Morgan fingerprint density at radius 3 is 2.14 bits per heavy atom. The highest BCUT2D eigenvalue weighted by Gasteiger charge is 2.23. The number of aryl methyl sites for hydroxylation is 2. The van der Waals surface area contributed by atoms with Crippen molar-refractivity contribution in [2.45, 2.75) is 24.0 Å². The van der Waals surface area contributed by atoms with Crippen molar-refractivity contribution in [1.29, 1.82) is 0 Å². The fourth-order valence-electron chi connectivity index (χ4n) is 3.73. The van der Waals surface area contributed by atoms with E-state index in [1.165, 1.54) is 30.0 Å². The van der Waals surface area contributed by atoms with Gasteiger partial charge in [-0.25, -0.2) is 4.39 Å². The standard InChI is InChI=1S/C29H25FN2O2S/c1-19-10-8-11-20(2)26(19)32-29(34)27(21-12-4-3-5-13-21)35-23-15-9-14-22(18-23)31-28(33)24-16-6-7-17-25(24)30/h3-18,27H,1-2H3,(H,31,33)(H,32,34).